The van der Waals surface area contributed by atoms with Crippen molar-refractivity contribution in [3.05, 3.63) is 35.9 Å². The Labute approximate surface area is 187 Å². The van der Waals surface area contributed by atoms with Gasteiger partial charge in [-0.15, -0.1) is 0 Å². The van der Waals surface area contributed by atoms with Crippen LogP contribution in [-0.2, 0) is 9.47 Å². The van der Waals surface area contributed by atoms with Crippen molar-refractivity contribution in [3.63, 3.8) is 0 Å². The van der Waals surface area contributed by atoms with E-state index in [4.69, 9.17) is 19.9 Å². The second-order valence-electron chi connectivity index (χ2n) is 7.82. The van der Waals surface area contributed by atoms with E-state index in [1.807, 2.05) is 6.92 Å². The third-order valence-electron chi connectivity index (χ3n) is 5.69. The van der Waals surface area contributed by atoms with Crippen molar-refractivity contribution < 1.29 is 27.8 Å². The zero-order valence-electron chi connectivity index (χ0n) is 17.7. The van der Waals surface area contributed by atoms with E-state index in [1.54, 1.807) is 12.3 Å². The van der Waals surface area contributed by atoms with E-state index in [0.29, 0.717) is 41.1 Å². The van der Waals surface area contributed by atoms with Crippen LogP contribution in [0.4, 0.5) is 30.8 Å². The molecule has 11 heteroatoms. The predicted octanol–water partition coefficient (Wildman–Crippen LogP) is 3.42. The van der Waals surface area contributed by atoms with Crippen LogP contribution in [0.3, 0.4) is 0 Å². The maximum absolute atomic E-state index is 15.2. The Balaban J connectivity index is 1.48. The van der Waals surface area contributed by atoms with Crippen molar-refractivity contribution in [2.24, 2.45) is 0 Å². The van der Waals surface area contributed by atoms with E-state index in [0.717, 1.165) is 5.56 Å². The van der Waals surface area contributed by atoms with Gasteiger partial charge in [-0.25, -0.2) is 23.5 Å². The highest BCUT2D eigenvalue weighted by molar-refractivity contribution is 5.99. The lowest BCUT2D eigenvalue weighted by Crippen LogP contribution is -2.29. The van der Waals surface area contributed by atoms with E-state index < -0.39 is 24.2 Å². The van der Waals surface area contributed by atoms with Crippen molar-refractivity contribution in [2.75, 3.05) is 42.7 Å². The summed E-state index contributed by atoms with van der Waals surface area (Å²) in [4.78, 5) is 20.5. The number of fused-ring (bicyclic) bond motifs is 2. The quantitative estimate of drug-likeness (QED) is 0.512. The van der Waals surface area contributed by atoms with Crippen LogP contribution >= 0.6 is 0 Å². The molecule has 1 aromatic carbocycles. The molecule has 2 aromatic heterocycles. The smallest absolute Gasteiger partial charge is 0.413 e. The molecule has 0 spiro atoms. The Morgan fingerprint density at radius 1 is 1.27 bits per heavy atom. The summed E-state index contributed by atoms with van der Waals surface area (Å²) in [7, 11) is 0. The second kappa shape index (κ2) is 8.32. The van der Waals surface area contributed by atoms with Gasteiger partial charge in [-0.2, -0.15) is 0 Å². The zero-order valence-corrected chi connectivity index (χ0v) is 17.7. The molecule has 0 unspecified atom stereocenters. The number of hydrogen-bond acceptors (Lipinski definition) is 8. The summed E-state index contributed by atoms with van der Waals surface area (Å²) in [5.41, 5.74) is 8.29. The summed E-state index contributed by atoms with van der Waals surface area (Å²) in [5, 5.41) is 6.61. The van der Waals surface area contributed by atoms with Crippen molar-refractivity contribution in [2.45, 2.75) is 19.2 Å². The fourth-order valence-corrected chi connectivity index (χ4v) is 3.94. The molecule has 0 bridgehead atoms. The molecule has 172 valence electrons. The fraction of sp³-hybridized carbons (Fsp3) is 0.318. The van der Waals surface area contributed by atoms with Crippen LogP contribution in [0.15, 0.2) is 24.5 Å². The minimum atomic E-state index is -1.38. The van der Waals surface area contributed by atoms with Gasteiger partial charge in [0.15, 0.2) is 18.1 Å². The maximum atomic E-state index is 15.2. The number of amides is 1. The van der Waals surface area contributed by atoms with Crippen LogP contribution in [0.2, 0.25) is 0 Å². The van der Waals surface area contributed by atoms with E-state index in [-0.39, 0.29) is 30.3 Å². The number of carbonyl (C=O) groups is 1. The molecule has 33 heavy (non-hydrogen) atoms. The van der Waals surface area contributed by atoms with E-state index in [2.05, 4.69) is 20.6 Å². The number of halogens is 2. The first kappa shape index (κ1) is 21.1. The van der Waals surface area contributed by atoms with Crippen molar-refractivity contribution in [1.82, 2.24) is 9.97 Å². The van der Waals surface area contributed by atoms with Crippen LogP contribution in [0.5, 0.6) is 5.88 Å². The SMILES string of the molecule is Cc1c(-c2cc3cc(NC(=O)O[C@@H]4COC[C@@H]4F)ncc3c(N)c2F)cnc2c1NCCO2. The largest absolute Gasteiger partial charge is 0.474 e. The molecule has 4 heterocycles. The van der Waals surface area contributed by atoms with Gasteiger partial charge in [-0.1, -0.05) is 0 Å². The number of carbonyl (C=O) groups excluding carboxylic acids is 1. The van der Waals surface area contributed by atoms with Gasteiger partial charge in [-0.05, 0) is 30.0 Å². The Hall–Kier alpha value is -3.73. The Bertz CT molecular complexity index is 1260. The minimum Gasteiger partial charge on any atom is -0.474 e. The normalized spacial score (nSPS) is 19.5. The first-order chi connectivity index (χ1) is 15.9. The summed E-state index contributed by atoms with van der Waals surface area (Å²) in [6.45, 7) is 2.85. The van der Waals surface area contributed by atoms with Crippen LogP contribution in [0.1, 0.15) is 5.56 Å². The van der Waals surface area contributed by atoms with Gasteiger partial charge in [0.2, 0.25) is 5.88 Å². The number of pyridine rings is 2. The highest BCUT2D eigenvalue weighted by Crippen LogP contribution is 2.39. The first-order valence-electron chi connectivity index (χ1n) is 10.4. The lowest BCUT2D eigenvalue weighted by molar-refractivity contribution is 0.0731. The monoisotopic (exact) mass is 457 g/mol. The Morgan fingerprint density at radius 2 is 2.12 bits per heavy atom. The van der Waals surface area contributed by atoms with Crippen LogP contribution in [-0.4, -0.2) is 54.7 Å². The van der Waals surface area contributed by atoms with Crippen molar-refractivity contribution >= 4 is 34.1 Å². The highest BCUT2D eigenvalue weighted by atomic mass is 19.1. The number of nitrogen functional groups attached to an aromatic ring is 1. The topological polar surface area (TPSA) is 121 Å². The fourth-order valence-electron chi connectivity index (χ4n) is 3.94. The van der Waals surface area contributed by atoms with Gasteiger partial charge in [-0.3, -0.25) is 5.32 Å². The number of anilines is 3. The maximum Gasteiger partial charge on any atom is 0.413 e. The molecular formula is C22H21F2N5O4. The average Bonchev–Trinajstić information content (AvgIpc) is 3.21. The molecule has 1 amide bonds. The molecule has 2 aliphatic heterocycles. The molecule has 5 rings (SSSR count). The number of hydrogen-bond donors (Lipinski definition) is 3. The lowest BCUT2D eigenvalue weighted by atomic mass is 9.97. The van der Waals surface area contributed by atoms with Crippen LogP contribution < -0.4 is 21.1 Å². The third-order valence-corrected chi connectivity index (χ3v) is 5.69. The first-order valence-corrected chi connectivity index (χ1v) is 10.4. The molecule has 0 aliphatic carbocycles. The number of alkyl halides is 1. The summed E-state index contributed by atoms with van der Waals surface area (Å²) < 4.78 is 44.4. The molecule has 2 aliphatic rings. The van der Waals surface area contributed by atoms with Crippen LogP contribution in [0, 0.1) is 12.7 Å². The Morgan fingerprint density at radius 3 is 2.91 bits per heavy atom. The van der Waals surface area contributed by atoms with Crippen molar-refractivity contribution in [1.29, 1.82) is 0 Å². The summed E-state index contributed by atoms with van der Waals surface area (Å²) >= 11 is 0. The van der Waals surface area contributed by atoms with Gasteiger partial charge in [0.1, 0.15) is 18.1 Å². The van der Waals surface area contributed by atoms with Gasteiger partial charge >= 0.3 is 6.09 Å². The molecule has 0 radical (unpaired) electrons. The molecule has 4 N–H and O–H groups in total. The molecule has 1 saturated heterocycles. The molecule has 2 atom stereocenters. The number of ether oxygens (including phenoxy) is 3. The predicted molar refractivity (Wildman–Crippen MR) is 118 cm³/mol. The lowest BCUT2D eigenvalue weighted by Gasteiger charge is -2.22. The van der Waals surface area contributed by atoms with E-state index >= 15 is 4.39 Å². The van der Waals surface area contributed by atoms with Crippen LogP contribution in [0.25, 0.3) is 21.9 Å². The number of rotatable bonds is 3. The average molecular weight is 457 g/mol. The number of aromatic nitrogens is 2. The summed E-state index contributed by atoms with van der Waals surface area (Å²) in [6, 6.07) is 3.15. The van der Waals surface area contributed by atoms with E-state index in [1.165, 1.54) is 12.3 Å². The number of nitrogens with two attached hydrogens (primary N) is 1. The highest BCUT2D eigenvalue weighted by Gasteiger charge is 2.31. The van der Waals surface area contributed by atoms with Gasteiger partial charge in [0.25, 0.3) is 0 Å². The van der Waals surface area contributed by atoms with Gasteiger partial charge < -0.3 is 25.3 Å². The minimum absolute atomic E-state index is 0.00698. The molecule has 3 aromatic rings. The number of nitrogens with one attached hydrogen (secondary N) is 2. The number of benzene rings is 1. The zero-order chi connectivity index (χ0) is 23.1. The van der Waals surface area contributed by atoms with Crippen molar-refractivity contribution in [3.8, 4) is 17.0 Å². The van der Waals surface area contributed by atoms with E-state index in [9.17, 15) is 9.18 Å². The standard InChI is InChI=1S/C22H21F2N5O4/c1-10-13(6-28-21-20(10)26-2-3-32-21)12-4-11-5-17(27-7-14(11)19(25)18(12)24)29-22(30)33-16-9-31-8-15(16)23/h4-7,15-16,26H,2-3,8-9,25H2,1H3,(H,27,29,30)/t15-,16+/m0/s1. The third kappa shape index (κ3) is 3.84. The molecular weight excluding hydrogens is 436 g/mol. The molecule has 0 saturated carbocycles. The summed E-state index contributed by atoms with van der Waals surface area (Å²) in [6.07, 6.45) is -0.314. The number of nitrogens with zero attached hydrogens (tertiary/aromatic N) is 2. The second-order valence-corrected chi connectivity index (χ2v) is 7.82. The Kier molecular flexibility index (Phi) is 5.33. The van der Waals surface area contributed by atoms with Gasteiger partial charge in [0, 0.05) is 35.5 Å². The molecule has 9 nitrogen and oxygen atoms in total. The summed E-state index contributed by atoms with van der Waals surface area (Å²) in [5.74, 6) is 0.0180. The van der Waals surface area contributed by atoms with Gasteiger partial charge in [0.05, 0.1) is 18.9 Å². The molecule has 1 fully saturated rings.